The van der Waals surface area contributed by atoms with E-state index in [1.165, 1.54) is 59.1 Å². The van der Waals surface area contributed by atoms with Crippen molar-refractivity contribution in [3.63, 3.8) is 0 Å². The average molecular weight is 823 g/mol. The van der Waals surface area contributed by atoms with Crippen LogP contribution in [0.15, 0.2) is 231 Å². The molecule has 0 fully saturated rings. The van der Waals surface area contributed by atoms with Crippen LogP contribution in [0.3, 0.4) is 0 Å². The molecular weight excluding hydrogens is 785 g/mol. The minimum absolute atomic E-state index is 0.511. The minimum Gasteiger partial charge on any atom is -0.279 e. The fraction of sp³-hybridized carbons (Fsp3) is 0.0172. The number of thiophene rings is 1. The summed E-state index contributed by atoms with van der Waals surface area (Å²) >= 11 is 1.84. The summed E-state index contributed by atoms with van der Waals surface area (Å²) in [4.78, 5) is 17.7. The van der Waals surface area contributed by atoms with Crippen molar-refractivity contribution >= 4 is 48.8 Å². The molecule has 5 heteroatoms. The molecule has 1 aliphatic carbocycles. The molecule has 4 nitrogen and oxygen atoms in total. The van der Waals surface area contributed by atoms with Crippen LogP contribution in [0.2, 0.25) is 0 Å². The van der Waals surface area contributed by atoms with E-state index in [-0.39, 0.29) is 0 Å². The first-order chi connectivity index (χ1) is 31.2. The fourth-order valence-corrected chi connectivity index (χ4v) is 10.6. The van der Waals surface area contributed by atoms with Crippen molar-refractivity contribution in [1.29, 1.82) is 0 Å². The predicted octanol–water partition coefficient (Wildman–Crippen LogP) is 15.1. The molecule has 2 aromatic heterocycles. The first-order valence-corrected chi connectivity index (χ1v) is 22.1. The number of rotatable bonds is 8. The molecule has 0 radical (unpaired) electrons. The highest BCUT2D eigenvalue weighted by Crippen LogP contribution is 2.56. The molecule has 9 aromatic carbocycles. The largest absolute Gasteiger partial charge is 0.279 e. The molecule has 0 amide bonds. The number of hydrogen-bond donors (Lipinski definition) is 0. The summed E-state index contributed by atoms with van der Waals surface area (Å²) in [5, 5.41) is 2.58. The van der Waals surface area contributed by atoms with Gasteiger partial charge in [-0.3, -0.25) is 4.90 Å². The number of anilines is 3. The highest BCUT2D eigenvalue weighted by Gasteiger charge is 2.45. The molecule has 1 aliphatic rings. The van der Waals surface area contributed by atoms with Crippen LogP contribution < -0.4 is 4.90 Å². The Hall–Kier alpha value is -7.99. The van der Waals surface area contributed by atoms with Crippen LogP contribution in [0.5, 0.6) is 0 Å². The van der Waals surface area contributed by atoms with Gasteiger partial charge in [0.1, 0.15) is 0 Å². The highest BCUT2D eigenvalue weighted by atomic mass is 32.1. The van der Waals surface area contributed by atoms with Crippen molar-refractivity contribution in [2.75, 3.05) is 4.90 Å². The first-order valence-electron chi connectivity index (χ1n) is 21.3. The topological polar surface area (TPSA) is 41.9 Å². The molecule has 0 atom stereocenters. The van der Waals surface area contributed by atoms with Crippen molar-refractivity contribution in [1.82, 2.24) is 15.0 Å². The number of benzene rings is 9. The molecule has 296 valence electrons. The molecule has 0 unspecified atom stereocenters. The van der Waals surface area contributed by atoms with E-state index in [0.717, 1.165) is 28.1 Å². The first kappa shape index (κ1) is 36.8. The maximum atomic E-state index is 5.25. The summed E-state index contributed by atoms with van der Waals surface area (Å²) in [7, 11) is 0. The fourth-order valence-electron chi connectivity index (χ4n) is 9.56. The van der Waals surface area contributed by atoms with Gasteiger partial charge in [-0.2, -0.15) is 9.97 Å². The molecule has 2 heterocycles. The molecule has 63 heavy (non-hydrogen) atoms. The quantitative estimate of drug-likeness (QED) is 0.153. The molecule has 0 aliphatic heterocycles. The van der Waals surface area contributed by atoms with Gasteiger partial charge in [-0.1, -0.05) is 188 Å². The Bertz CT molecular complexity index is 3330. The van der Waals surface area contributed by atoms with E-state index in [1.54, 1.807) is 0 Å². The highest BCUT2D eigenvalue weighted by molar-refractivity contribution is 7.25. The average Bonchev–Trinajstić information content (AvgIpc) is 3.89. The molecule has 0 saturated carbocycles. The predicted molar refractivity (Wildman–Crippen MR) is 261 cm³/mol. The van der Waals surface area contributed by atoms with Gasteiger partial charge in [-0.05, 0) is 87.0 Å². The van der Waals surface area contributed by atoms with Crippen molar-refractivity contribution in [3.8, 4) is 45.0 Å². The molecule has 0 spiro atoms. The number of fused-ring (bicyclic) bond motifs is 6. The van der Waals surface area contributed by atoms with Crippen LogP contribution in [0.1, 0.15) is 22.3 Å². The molecule has 12 rings (SSSR count). The Morgan fingerprint density at radius 1 is 0.349 bits per heavy atom. The van der Waals surface area contributed by atoms with Gasteiger partial charge in [-0.25, -0.2) is 4.98 Å². The van der Waals surface area contributed by atoms with Crippen LogP contribution in [0.25, 0.3) is 65.2 Å². The Labute approximate surface area is 370 Å². The van der Waals surface area contributed by atoms with Crippen molar-refractivity contribution in [2.45, 2.75) is 5.41 Å². The number of nitrogens with zero attached hydrogens (tertiary/aromatic N) is 4. The Morgan fingerprint density at radius 2 is 0.825 bits per heavy atom. The van der Waals surface area contributed by atoms with E-state index in [9.17, 15) is 0 Å². The number of hydrogen-bond acceptors (Lipinski definition) is 5. The van der Waals surface area contributed by atoms with Gasteiger partial charge in [0.15, 0.2) is 11.6 Å². The smallest absolute Gasteiger partial charge is 0.238 e. The second kappa shape index (κ2) is 15.2. The third-order valence-corrected chi connectivity index (χ3v) is 13.6. The van der Waals surface area contributed by atoms with Crippen molar-refractivity contribution in [3.05, 3.63) is 253 Å². The Balaban J connectivity index is 1.03. The molecule has 0 bridgehead atoms. The summed E-state index contributed by atoms with van der Waals surface area (Å²) in [5.41, 5.74) is 13.0. The maximum Gasteiger partial charge on any atom is 0.238 e. The zero-order chi connectivity index (χ0) is 41.7. The summed E-state index contributed by atoms with van der Waals surface area (Å²) in [5.74, 6) is 1.75. The SMILES string of the molecule is c1ccc(-c2nc(-c3ccccc3)nc(N(c3ccc(-c4ccc5sc6ccccc6c5c4)cc3)c3ccc(C4(c5ccccc5)c5ccccc5-c5ccccc54)cc3)n2)cc1. The van der Waals surface area contributed by atoms with E-state index < -0.39 is 5.41 Å². The zero-order valence-corrected chi connectivity index (χ0v) is 35.0. The van der Waals surface area contributed by atoms with Gasteiger partial charge in [0, 0.05) is 42.7 Å². The number of aromatic nitrogens is 3. The monoisotopic (exact) mass is 822 g/mol. The van der Waals surface area contributed by atoms with Crippen molar-refractivity contribution in [2.24, 2.45) is 0 Å². The summed E-state index contributed by atoms with van der Waals surface area (Å²) in [6.45, 7) is 0. The van der Waals surface area contributed by atoms with Crippen LogP contribution in [-0.4, -0.2) is 15.0 Å². The second-order valence-corrected chi connectivity index (χ2v) is 17.0. The van der Waals surface area contributed by atoms with Crippen LogP contribution in [0, 0.1) is 0 Å². The molecule has 11 aromatic rings. The lowest BCUT2D eigenvalue weighted by Gasteiger charge is -2.34. The normalized spacial score (nSPS) is 12.6. The van der Waals surface area contributed by atoms with Gasteiger partial charge in [-0.15, -0.1) is 11.3 Å². The maximum absolute atomic E-state index is 5.25. The minimum atomic E-state index is -0.511. The van der Waals surface area contributed by atoms with E-state index in [1.807, 2.05) is 47.7 Å². The standard InChI is InChI=1S/C58H38N4S/c1-4-16-40(17-5-1)55-59-56(41-18-6-2-7-19-41)61-57(60-55)62(45-33-28-39(29-34-45)42-30-37-54-50(38-42)49-24-12-15-27-53(49)63-54)46-35-31-44(32-36-46)58(43-20-8-3-9-21-43)51-25-13-10-22-47(51)48-23-11-14-26-52(48)58/h1-38H. The van der Waals surface area contributed by atoms with E-state index in [0.29, 0.717) is 17.6 Å². The van der Waals surface area contributed by atoms with E-state index in [4.69, 9.17) is 15.0 Å². The van der Waals surface area contributed by atoms with Gasteiger partial charge >= 0.3 is 0 Å². The third kappa shape index (κ3) is 6.16. The molecule has 0 N–H and O–H groups in total. The van der Waals surface area contributed by atoms with Gasteiger partial charge in [0.25, 0.3) is 0 Å². The Morgan fingerprint density at radius 3 is 1.44 bits per heavy atom. The summed E-state index contributed by atoms with van der Waals surface area (Å²) in [6, 6.07) is 82.3. The van der Waals surface area contributed by atoms with Crippen molar-refractivity contribution < 1.29 is 0 Å². The van der Waals surface area contributed by atoms with Crippen LogP contribution in [0.4, 0.5) is 17.3 Å². The van der Waals surface area contributed by atoms with E-state index >= 15 is 0 Å². The molecular formula is C58H38N4S. The van der Waals surface area contributed by atoms with Crippen LogP contribution in [-0.2, 0) is 5.41 Å². The summed E-state index contributed by atoms with van der Waals surface area (Å²) < 4.78 is 2.60. The van der Waals surface area contributed by atoms with Gasteiger partial charge in [0.2, 0.25) is 5.95 Å². The van der Waals surface area contributed by atoms with E-state index in [2.05, 4.69) is 199 Å². The summed E-state index contributed by atoms with van der Waals surface area (Å²) in [6.07, 6.45) is 0. The lowest BCUT2D eigenvalue weighted by atomic mass is 9.68. The third-order valence-electron chi connectivity index (χ3n) is 12.4. The van der Waals surface area contributed by atoms with Gasteiger partial charge in [0.05, 0.1) is 5.41 Å². The Kier molecular flexibility index (Phi) is 8.87. The van der Waals surface area contributed by atoms with Gasteiger partial charge < -0.3 is 0 Å². The zero-order valence-electron chi connectivity index (χ0n) is 34.1. The lowest BCUT2D eigenvalue weighted by molar-refractivity contribution is 0.768. The molecule has 0 saturated heterocycles. The van der Waals surface area contributed by atoms with Crippen LogP contribution >= 0.6 is 11.3 Å². The second-order valence-electron chi connectivity index (χ2n) is 16.0. The lowest BCUT2D eigenvalue weighted by Crippen LogP contribution is -2.28.